The van der Waals surface area contributed by atoms with Crippen LogP contribution >= 0.6 is 0 Å². The van der Waals surface area contributed by atoms with Crippen molar-refractivity contribution in [1.82, 2.24) is 9.78 Å². The monoisotopic (exact) mass is 398 g/mol. The lowest BCUT2D eigenvalue weighted by Gasteiger charge is -2.19. The first-order valence-corrected chi connectivity index (χ1v) is 10.1. The van der Waals surface area contributed by atoms with Crippen LogP contribution in [-0.4, -0.2) is 24.1 Å². The third kappa shape index (κ3) is 3.49. The third-order valence-electron chi connectivity index (χ3n) is 4.45. The van der Waals surface area contributed by atoms with Crippen LogP contribution in [0.15, 0.2) is 53.6 Å². The minimum Gasteiger partial charge on any atom is -0.488 e. The SMILES string of the molecule is Cc1ccc2c(c1)-c1c(cnn1CC(=O)Nc1ccc(S(N)(=O)=O)cc1)CO2. The molecule has 8 nitrogen and oxygen atoms in total. The first-order chi connectivity index (χ1) is 13.3. The third-order valence-corrected chi connectivity index (χ3v) is 5.38. The average Bonchev–Trinajstić information content (AvgIpc) is 3.04. The van der Waals surface area contributed by atoms with Crippen LogP contribution in [0.5, 0.6) is 5.75 Å². The molecule has 2 heterocycles. The molecule has 1 aromatic heterocycles. The minimum absolute atomic E-state index is 0.0135. The van der Waals surface area contributed by atoms with Gasteiger partial charge in [-0.2, -0.15) is 5.10 Å². The van der Waals surface area contributed by atoms with Crippen LogP contribution in [0.4, 0.5) is 5.69 Å². The van der Waals surface area contributed by atoms with Gasteiger partial charge < -0.3 is 10.1 Å². The molecule has 28 heavy (non-hydrogen) atoms. The molecular weight excluding hydrogens is 380 g/mol. The number of ether oxygens (including phenoxy) is 1. The smallest absolute Gasteiger partial charge is 0.246 e. The van der Waals surface area contributed by atoms with E-state index in [0.29, 0.717) is 12.3 Å². The highest BCUT2D eigenvalue weighted by molar-refractivity contribution is 7.89. The summed E-state index contributed by atoms with van der Waals surface area (Å²) in [5.74, 6) is 0.480. The van der Waals surface area contributed by atoms with Crippen molar-refractivity contribution >= 4 is 21.6 Å². The summed E-state index contributed by atoms with van der Waals surface area (Å²) >= 11 is 0. The number of aromatic nitrogens is 2. The number of sulfonamides is 1. The number of fused-ring (bicyclic) bond motifs is 3. The molecule has 0 spiro atoms. The number of rotatable bonds is 4. The number of hydrogen-bond acceptors (Lipinski definition) is 5. The number of benzene rings is 2. The van der Waals surface area contributed by atoms with Gasteiger partial charge in [0, 0.05) is 16.8 Å². The van der Waals surface area contributed by atoms with E-state index in [1.165, 1.54) is 24.3 Å². The highest BCUT2D eigenvalue weighted by Gasteiger charge is 2.23. The summed E-state index contributed by atoms with van der Waals surface area (Å²) < 4.78 is 30.0. The molecule has 1 aliphatic rings. The zero-order valence-corrected chi connectivity index (χ0v) is 15.9. The average molecular weight is 398 g/mol. The number of hydrogen-bond donors (Lipinski definition) is 2. The van der Waals surface area contributed by atoms with Crippen LogP contribution in [0.25, 0.3) is 11.3 Å². The van der Waals surface area contributed by atoms with Gasteiger partial charge in [-0.1, -0.05) is 11.6 Å². The fourth-order valence-electron chi connectivity index (χ4n) is 3.14. The molecule has 0 unspecified atom stereocenters. The number of nitrogens with one attached hydrogen (secondary N) is 1. The second kappa shape index (κ2) is 6.77. The maximum Gasteiger partial charge on any atom is 0.246 e. The Bertz CT molecular complexity index is 1170. The summed E-state index contributed by atoms with van der Waals surface area (Å²) in [6, 6.07) is 11.6. The van der Waals surface area contributed by atoms with Gasteiger partial charge >= 0.3 is 0 Å². The number of primary sulfonamides is 1. The quantitative estimate of drug-likeness (QED) is 0.698. The van der Waals surface area contributed by atoms with Crippen LogP contribution in [-0.2, 0) is 28.0 Å². The van der Waals surface area contributed by atoms with Crippen LogP contribution in [0, 0.1) is 6.92 Å². The van der Waals surface area contributed by atoms with Gasteiger partial charge in [0.15, 0.2) is 0 Å². The fraction of sp³-hybridized carbons (Fsp3) is 0.158. The Morgan fingerprint density at radius 3 is 2.71 bits per heavy atom. The number of anilines is 1. The van der Waals surface area contributed by atoms with Crippen LogP contribution in [0.3, 0.4) is 0 Å². The molecule has 3 N–H and O–H groups in total. The molecule has 0 aliphatic carbocycles. The van der Waals surface area contributed by atoms with Gasteiger partial charge in [0.1, 0.15) is 18.9 Å². The largest absolute Gasteiger partial charge is 0.488 e. The predicted octanol–water partition coefficient (Wildman–Crippen LogP) is 2.04. The molecule has 0 saturated heterocycles. The summed E-state index contributed by atoms with van der Waals surface area (Å²) in [5.41, 5.74) is 4.25. The highest BCUT2D eigenvalue weighted by atomic mass is 32.2. The van der Waals surface area contributed by atoms with E-state index in [4.69, 9.17) is 9.88 Å². The molecule has 144 valence electrons. The zero-order chi connectivity index (χ0) is 19.9. The second-order valence-corrected chi connectivity index (χ2v) is 8.14. The molecule has 1 amide bonds. The van der Waals surface area contributed by atoms with Gasteiger partial charge in [0.05, 0.1) is 16.8 Å². The normalized spacial score (nSPS) is 12.6. The number of aryl methyl sites for hydroxylation is 1. The van der Waals surface area contributed by atoms with Crippen molar-refractivity contribution in [2.75, 3.05) is 5.32 Å². The van der Waals surface area contributed by atoms with E-state index in [0.717, 1.165) is 28.1 Å². The van der Waals surface area contributed by atoms with E-state index in [1.54, 1.807) is 10.9 Å². The lowest BCUT2D eigenvalue weighted by Crippen LogP contribution is -2.21. The standard InChI is InChI=1S/C19H18N4O4S/c1-12-2-7-17-16(8-12)19-13(11-27-17)9-21-23(19)10-18(24)22-14-3-5-15(6-4-14)28(20,25)26/h2-9H,10-11H2,1H3,(H,22,24)(H2,20,25,26). The Kier molecular flexibility index (Phi) is 4.40. The van der Waals surface area contributed by atoms with Crippen LogP contribution in [0.1, 0.15) is 11.1 Å². The van der Waals surface area contributed by atoms with Crippen LogP contribution < -0.4 is 15.2 Å². The first kappa shape index (κ1) is 18.2. The van der Waals surface area contributed by atoms with E-state index in [-0.39, 0.29) is 17.3 Å². The predicted molar refractivity (Wildman–Crippen MR) is 103 cm³/mol. The summed E-state index contributed by atoms with van der Waals surface area (Å²) in [5, 5.41) is 12.1. The molecule has 9 heteroatoms. The van der Waals surface area contributed by atoms with Gasteiger partial charge in [-0.05, 0) is 43.3 Å². The highest BCUT2D eigenvalue weighted by Crippen LogP contribution is 2.37. The van der Waals surface area contributed by atoms with E-state index < -0.39 is 10.0 Å². The zero-order valence-electron chi connectivity index (χ0n) is 15.0. The molecular formula is C19H18N4O4S. The van der Waals surface area contributed by atoms with Crippen molar-refractivity contribution in [3.63, 3.8) is 0 Å². The Balaban J connectivity index is 1.55. The Morgan fingerprint density at radius 2 is 2.00 bits per heavy atom. The number of nitrogens with zero attached hydrogens (tertiary/aromatic N) is 2. The van der Waals surface area contributed by atoms with Gasteiger partial charge in [0.25, 0.3) is 0 Å². The fourth-order valence-corrected chi connectivity index (χ4v) is 3.65. The number of amides is 1. The van der Waals surface area contributed by atoms with E-state index in [2.05, 4.69) is 10.4 Å². The maximum atomic E-state index is 12.5. The maximum absolute atomic E-state index is 12.5. The van der Waals surface area contributed by atoms with Gasteiger partial charge in [0.2, 0.25) is 15.9 Å². The van der Waals surface area contributed by atoms with Crippen molar-refractivity contribution in [3.05, 3.63) is 59.8 Å². The minimum atomic E-state index is -3.77. The van der Waals surface area contributed by atoms with Gasteiger partial charge in [-0.3, -0.25) is 9.48 Å². The topological polar surface area (TPSA) is 116 Å². The Morgan fingerprint density at radius 1 is 1.25 bits per heavy atom. The summed E-state index contributed by atoms with van der Waals surface area (Å²) in [6.45, 7) is 2.41. The van der Waals surface area contributed by atoms with Gasteiger partial charge in [-0.25, -0.2) is 13.6 Å². The molecule has 0 bridgehead atoms. The summed E-state index contributed by atoms with van der Waals surface area (Å²) in [4.78, 5) is 12.5. The number of carbonyl (C=O) groups is 1. The molecule has 3 aromatic rings. The van der Waals surface area contributed by atoms with Gasteiger partial charge in [-0.15, -0.1) is 0 Å². The molecule has 0 atom stereocenters. The number of carbonyl (C=O) groups excluding carboxylic acids is 1. The van der Waals surface area contributed by atoms with Crippen molar-refractivity contribution in [2.45, 2.75) is 25.0 Å². The lowest BCUT2D eigenvalue weighted by molar-refractivity contribution is -0.116. The first-order valence-electron chi connectivity index (χ1n) is 8.52. The van der Waals surface area contributed by atoms with Crippen molar-refractivity contribution < 1.29 is 17.9 Å². The van der Waals surface area contributed by atoms with Crippen molar-refractivity contribution in [2.24, 2.45) is 5.14 Å². The second-order valence-electron chi connectivity index (χ2n) is 6.58. The van der Waals surface area contributed by atoms with Crippen molar-refractivity contribution in [3.8, 4) is 17.0 Å². The molecule has 0 radical (unpaired) electrons. The molecule has 2 aromatic carbocycles. The molecule has 4 rings (SSSR count). The Labute approximate surface area is 162 Å². The van der Waals surface area contributed by atoms with E-state index >= 15 is 0 Å². The lowest BCUT2D eigenvalue weighted by atomic mass is 10.0. The van der Waals surface area contributed by atoms with E-state index in [1.807, 2.05) is 25.1 Å². The van der Waals surface area contributed by atoms with Crippen molar-refractivity contribution in [1.29, 1.82) is 0 Å². The Hall–Kier alpha value is -3.17. The van der Waals surface area contributed by atoms with Crippen LogP contribution in [0.2, 0.25) is 0 Å². The molecule has 0 fully saturated rings. The molecule has 0 saturated carbocycles. The summed E-state index contributed by atoms with van der Waals surface area (Å²) in [6.07, 6.45) is 1.70. The molecule has 1 aliphatic heterocycles. The number of nitrogens with two attached hydrogens (primary N) is 1. The summed E-state index contributed by atoms with van der Waals surface area (Å²) in [7, 11) is -3.77. The van der Waals surface area contributed by atoms with E-state index in [9.17, 15) is 13.2 Å².